The van der Waals surface area contributed by atoms with E-state index < -0.39 is 0 Å². The van der Waals surface area contributed by atoms with Gasteiger partial charge in [-0.3, -0.25) is 4.79 Å². The molecule has 1 aliphatic rings. The van der Waals surface area contributed by atoms with Crippen LogP contribution in [0.2, 0.25) is 0 Å². The highest BCUT2D eigenvalue weighted by atomic mass is 16.2. The molecule has 1 saturated carbocycles. The third kappa shape index (κ3) is 2.13. The summed E-state index contributed by atoms with van der Waals surface area (Å²) in [5.74, 6) is -0.0550. The molecule has 1 aliphatic carbocycles. The maximum absolute atomic E-state index is 12.1. The summed E-state index contributed by atoms with van der Waals surface area (Å²) in [5, 5.41) is 9.96. The van der Waals surface area contributed by atoms with Gasteiger partial charge < -0.3 is 4.90 Å². The monoisotopic (exact) mass is 220 g/mol. The number of hydrogen-bond acceptors (Lipinski definition) is 3. The van der Waals surface area contributed by atoms with Gasteiger partial charge in [-0.1, -0.05) is 18.9 Å². The number of nitrogens with zero attached hydrogens (tertiary/aromatic N) is 3. The maximum atomic E-state index is 12.1. The molecule has 0 spiro atoms. The van der Waals surface area contributed by atoms with Gasteiger partial charge in [-0.25, -0.2) is 0 Å². The maximum Gasteiger partial charge on any atom is 0.276 e. The van der Waals surface area contributed by atoms with Gasteiger partial charge in [0.15, 0.2) is 5.69 Å². The Morgan fingerprint density at radius 3 is 2.94 bits per heavy atom. The first kappa shape index (κ1) is 10.9. The first-order valence-corrected chi connectivity index (χ1v) is 5.60. The molecule has 1 heterocycles. The minimum Gasteiger partial charge on any atom is -0.331 e. The lowest BCUT2D eigenvalue weighted by molar-refractivity contribution is 0.0700. The Bertz CT molecular complexity index is 354. The highest BCUT2D eigenvalue weighted by molar-refractivity contribution is 5.92. The normalized spacial score (nSPS) is 16.2. The average molecular weight is 220 g/mol. The standard InChI is InChI=1S/C11H16N4O/c1-2-7-15(9-5-3-4-6-9)11(16)10-8-12-14-13-10/h2,8-9H,1,3-7H2,(H,12,13,14). The summed E-state index contributed by atoms with van der Waals surface area (Å²) in [5.41, 5.74) is 0.383. The number of aromatic amines is 1. The minimum atomic E-state index is -0.0550. The molecule has 5 heteroatoms. The zero-order valence-electron chi connectivity index (χ0n) is 9.22. The van der Waals surface area contributed by atoms with Crippen molar-refractivity contribution in [3.63, 3.8) is 0 Å². The second-order valence-corrected chi connectivity index (χ2v) is 4.04. The van der Waals surface area contributed by atoms with E-state index in [9.17, 15) is 4.79 Å². The van der Waals surface area contributed by atoms with Gasteiger partial charge in [0, 0.05) is 12.6 Å². The molecule has 0 atom stereocenters. The van der Waals surface area contributed by atoms with Crippen LogP contribution in [0.15, 0.2) is 18.9 Å². The third-order valence-corrected chi connectivity index (χ3v) is 2.99. The fourth-order valence-electron chi connectivity index (χ4n) is 2.20. The molecule has 0 saturated heterocycles. The largest absolute Gasteiger partial charge is 0.331 e. The van der Waals surface area contributed by atoms with Crippen molar-refractivity contribution in [1.82, 2.24) is 20.3 Å². The molecule has 1 amide bonds. The molecule has 86 valence electrons. The summed E-state index contributed by atoms with van der Waals surface area (Å²) in [4.78, 5) is 14.0. The van der Waals surface area contributed by atoms with E-state index in [1.807, 2.05) is 4.90 Å². The molecule has 1 fully saturated rings. The fraction of sp³-hybridized carbons (Fsp3) is 0.545. The Labute approximate surface area is 94.5 Å². The highest BCUT2D eigenvalue weighted by Gasteiger charge is 2.27. The van der Waals surface area contributed by atoms with E-state index in [2.05, 4.69) is 22.0 Å². The Morgan fingerprint density at radius 2 is 2.38 bits per heavy atom. The van der Waals surface area contributed by atoms with Crippen molar-refractivity contribution in [2.45, 2.75) is 31.7 Å². The molecular formula is C11H16N4O. The quantitative estimate of drug-likeness (QED) is 0.780. The minimum absolute atomic E-state index is 0.0550. The summed E-state index contributed by atoms with van der Waals surface area (Å²) < 4.78 is 0. The van der Waals surface area contributed by atoms with Crippen LogP contribution in [0.1, 0.15) is 36.2 Å². The molecule has 0 bridgehead atoms. The highest BCUT2D eigenvalue weighted by Crippen LogP contribution is 2.24. The first-order chi connectivity index (χ1) is 7.83. The van der Waals surface area contributed by atoms with Crippen molar-refractivity contribution in [2.75, 3.05) is 6.54 Å². The van der Waals surface area contributed by atoms with Gasteiger partial charge in [0.2, 0.25) is 0 Å². The predicted molar refractivity (Wildman–Crippen MR) is 59.9 cm³/mol. The summed E-state index contributed by atoms with van der Waals surface area (Å²) in [6.45, 7) is 4.28. The van der Waals surface area contributed by atoms with Gasteiger partial charge in [-0.05, 0) is 12.8 Å². The number of carbonyl (C=O) groups is 1. The van der Waals surface area contributed by atoms with Crippen molar-refractivity contribution in [3.05, 3.63) is 24.5 Å². The lowest BCUT2D eigenvalue weighted by Gasteiger charge is -2.26. The van der Waals surface area contributed by atoms with Crippen LogP contribution in [0.25, 0.3) is 0 Å². The third-order valence-electron chi connectivity index (χ3n) is 2.99. The fourth-order valence-corrected chi connectivity index (χ4v) is 2.20. The van der Waals surface area contributed by atoms with Crippen molar-refractivity contribution in [3.8, 4) is 0 Å². The number of carbonyl (C=O) groups excluding carboxylic acids is 1. The molecule has 1 aromatic rings. The Hall–Kier alpha value is -1.65. The van der Waals surface area contributed by atoms with Crippen LogP contribution in [-0.4, -0.2) is 38.8 Å². The van der Waals surface area contributed by atoms with E-state index in [1.54, 1.807) is 6.08 Å². The average Bonchev–Trinajstić information content (AvgIpc) is 2.96. The van der Waals surface area contributed by atoms with E-state index in [0.717, 1.165) is 12.8 Å². The van der Waals surface area contributed by atoms with Gasteiger partial charge in [0.05, 0.1) is 6.20 Å². The number of aromatic nitrogens is 3. The van der Waals surface area contributed by atoms with Crippen molar-refractivity contribution in [1.29, 1.82) is 0 Å². The Morgan fingerprint density at radius 1 is 1.62 bits per heavy atom. The summed E-state index contributed by atoms with van der Waals surface area (Å²) >= 11 is 0. The molecule has 16 heavy (non-hydrogen) atoms. The van der Waals surface area contributed by atoms with E-state index in [0.29, 0.717) is 18.3 Å². The van der Waals surface area contributed by atoms with Gasteiger partial charge in [0.1, 0.15) is 0 Å². The van der Waals surface area contributed by atoms with E-state index in [1.165, 1.54) is 19.0 Å². The van der Waals surface area contributed by atoms with E-state index in [-0.39, 0.29) is 5.91 Å². The van der Waals surface area contributed by atoms with Gasteiger partial charge in [-0.15, -0.1) is 6.58 Å². The van der Waals surface area contributed by atoms with Crippen LogP contribution in [0.4, 0.5) is 0 Å². The zero-order chi connectivity index (χ0) is 11.4. The van der Waals surface area contributed by atoms with Crippen LogP contribution in [-0.2, 0) is 0 Å². The lowest BCUT2D eigenvalue weighted by Crippen LogP contribution is -2.39. The molecule has 0 aromatic carbocycles. The first-order valence-electron chi connectivity index (χ1n) is 5.60. The van der Waals surface area contributed by atoms with Crippen LogP contribution < -0.4 is 0 Å². The number of hydrogen-bond donors (Lipinski definition) is 1. The van der Waals surface area contributed by atoms with Crippen LogP contribution >= 0.6 is 0 Å². The molecular weight excluding hydrogens is 204 g/mol. The summed E-state index contributed by atoms with van der Waals surface area (Å²) in [6, 6.07) is 0.335. The second-order valence-electron chi connectivity index (χ2n) is 4.04. The number of H-pyrrole nitrogens is 1. The molecule has 0 radical (unpaired) electrons. The van der Waals surface area contributed by atoms with Crippen LogP contribution in [0, 0.1) is 0 Å². The smallest absolute Gasteiger partial charge is 0.276 e. The molecule has 1 N–H and O–H groups in total. The zero-order valence-corrected chi connectivity index (χ0v) is 9.22. The topological polar surface area (TPSA) is 61.9 Å². The second kappa shape index (κ2) is 4.92. The summed E-state index contributed by atoms with van der Waals surface area (Å²) in [6.07, 6.45) is 7.79. The molecule has 2 rings (SSSR count). The molecule has 0 aliphatic heterocycles. The number of amides is 1. The van der Waals surface area contributed by atoms with Crippen LogP contribution in [0.5, 0.6) is 0 Å². The van der Waals surface area contributed by atoms with E-state index in [4.69, 9.17) is 0 Å². The summed E-state index contributed by atoms with van der Waals surface area (Å²) in [7, 11) is 0. The molecule has 1 aromatic heterocycles. The van der Waals surface area contributed by atoms with Crippen molar-refractivity contribution >= 4 is 5.91 Å². The lowest BCUT2D eigenvalue weighted by atomic mass is 10.2. The van der Waals surface area contributed by atoms with Gasteiger partial charge in [-0.2, -0.15) is 15.4 Å². The Balaban J connectivity index is 2.12. The predicted octanol–water partition coefficient (Wildman–Crippen LogP) is 1.38. The Kier molecular flexibility index (Phi) is 3.34. The van der Waals surface area contributed by atoms with Crippen molar-refractivity contribution < 1.29 is 4.79 Å². The molecule has 5 nitrogen and oxygen atoms in total. The van der Waals surface area contributed by atoms with Crippen molar-refractivity contribution in [2.24, 2.45) is 0 Å². The SMILES string of the molecule is C=CCN(C(=O)c1cn[nH]n1)C1CCCC1. The van der Waals surface area contributed by atoms with E-state index >= 15 is 0 Å². The van der Waals surface area contributed by atoms with Gasteiger partial charge in [0.25, 0.3) is 5.91 Å². The van der Waals surface area contributed by atoms with Crippen LogP contribution in [0.3, 0.4) is 0 Å². The molecule has 0 unspecified atom stereocenters. The number of rotatable bonds is 4. The van der Waals surface area contributed by atoms with Gasteiger partial charge >= 0.3 is 0 Å². The number of nitrogens with one attached hydrogen (secondary N) is 1.